The Bertz CT molecular complexity index is 1080. The van der Waals surface area contributed by atoms with E-state index >= 15 is 0 Å². The average molecular weight is 439 g/mol. The van der Waals surface area contributed by atoms with E-state index in [1.807, 2.05) is 32.0 Å². The zero-order chi connectivity index (χ0) is 22.9. The van der Waals surface area contributed by atoms with E-state index in [1.54, 1.807) is 31.4 Å². The first kappa shape index (κ1) is 22.6. The summed E-state index contributed by atoms with van der Waals surface area (Å²) in [5.41, 5.74) is 1.05. The molecule has 2 aromatic carbocycles. The van der Waals surface area contributed by atoms with E-state index in [0.29, 0.717) is 47.4 Å². The lowest BCUT2D eigenvalue weighted by Crippen LogP contribution is -2.33. The highest BCUT2D eigenvalue weighted by molar-refractivity contribution is 5.99. The summed E-state index contributed by atoms with van der Waals surface area (Å²) in [6.07, 6.45) is 0. The van der Waals surface area contributed by atoms with Gasteiger partial charge in [-0.2, -0.15) is 4.98 Å². The van der Waals surface area contributed by atoms with Gasteiger partial charge in [0.05, 0.1) is 32.4 Å². The van der Waals surface area contributed by atoms with Gasteiger partial charge < -0.3 is 19.5 Å². The van der Waals surface area contributed by atoms with Crippen LogP contribution in [0.2, 0.25) is 0 Å². The summed E-state index contributed by atoms with van der Waals surface area (Å²) in [5.74, 6) is 1.28. The summed E-state index contributed by atoms with van der Waals surface area (Å²) >= 11 is 0. The van der Waals surface area contributed by atoms with Crippen molar-refractivity contribution in [3.63, 3.8) is 0 Å². The number of hydrogen-bond acceptors (Lipinski definition) is 7. The van der Waals surface area contributed by atoms with Gasteiger partial charge in [-0.25, -0.2) is 0 Å². The van der Waals surface area contributed by atoms with Crippen LogP contribution in [-0.2, 0) is 4.79 Å². The SMILES string of the molecule is CCOc1ccc(C(=O)NCC(=O)Nc2n[nH]c(-c3ccccc3OC)n2)cc1OCC. The summed E-state index contributed by atoms with van der Waals surface area (Å²) in [6.45, 7) is 4.36. The monoisotopic (exact) mass is 439 g/mol. The minimum atomic E-state index is -0.472. The molecule has 0 unspecified atom stereocenters. The molecule has 32 heavy (non-hydrogen) atoms. The fraction of sp³-hybridized carbons (Fsp3) is 0.273. The molecule has 0 atom stereocenters. The van der Waals surface area contributed by atoms with E-state index in [2.05, 4.69) is 25.8 Å². The Labute approximate surface area is 185 Å². The maximum Gasteiger partial charge on any atom is 0.251 e. The van der Waals surface area contributed by atoms with Crippen LogP contribution in [0, 0.1) is 0 Å². The Balaban J connectivity index is 1.59. The molecule has 1 aromatic heterocycles. The fourth-order valence-electron chi connectivity index (χ4n) is 2.90. The third kappa shape index (κ3) is 5.54. The molecule has 0 aliphatic rings. The number of para-hydroxylation sites is 1. The zero-order valence-corrected chi connectivity index (χ0v) is 18.1. The fourth-order valence-corrected chi connectivity index (χ4v) is 2.90. The molecule has 3 aromatic rings. The lowest BCUT2D eigenvalue weighted by molar-refractivity contribution is -0.115. The quantitative estimate of drug-likeness (QED) is 0.443. The van der Waals surface area contributed by atoms with Crippen molar-refractivity contribution in [2.24, 2.45) is 0 Å². The van der Waals surface area contributed by atoms with Gasteiger partial charge in [-0.1, -0.05) is 12.1 Å². The molecule has 0 radical (unpaired) electrons. The topological polar surface area (TPSA) is 127 Å². The molecule has 3 rings (SSSR count). The summed E-state index contributed by atoms with van der Waals surface area (Å²) in [6, 6.07) is 12.1. The number of carbonyl (C=O) groups excluding carboxylic acids is 2. The number of nitrogens with zero attached hydrogens (tertiary/aromatic N) is 2. The summed E-state index contributed by atoms with van der Waals surface area (Å²) in [4.78, 5) is 28.9. The molecule has 0 saturated carbocycles. The number of methoxy groups -OCH3 is 1. The lowest BCUT2D eigenvalue weighted by Gasteiger charge is -2.12. The van der Waals surface area contributed by atoms with E-state index in [1.165, 1.54) is 0 Å². The van der Waals surface area contributed by atoms with Crippen LogP contribution < -0.4 is 24.8 Å². The molecule has 10 nitrogen and oxygen atoms in total. The first-order valence-electron chi connectivity index (χ1n) is 10.1. The van der Waals surface area contributed by atoms with Crippen LogP contribution in [0.4, 0.5) is 5.95 Å². The Hall–Kier alpha value is -4.08. The van der Waals surface area contributed by atoms with Crippen LogP contribution in [0.5, 0.6) is 17.2 Å². The number of H-pyrrole nitrogens is 1. The zero-order valence-electron chi connectivity index (χ0n) is 18.1. The molecule has 1 heterocycles. The summed E-state index contributed by atoms with van der Waals surface area (Å²) < 4.78 is 16.3. The van der Waals surface area contributed by atoms with E-state index in [-0.39, 0.29) is 12.5 Å². The standard InChI is InChI=1S/C22H25N5O5/c1-4-31-17-11-10-14(12-18(17)32-5-2)21(29)23-13-19(28)24-22-25-20(26-27-22)15-8-6-7-9-16(15)30-3/h6-12H,4-5,13H2,1-3H3,(H,23,29)(H2,24,25,26,27,28). The number of amides is 2. The smallest absolute Gasteiger partial charge is 0.251 e. The number of nitrogens with one attached hydrogen (secondary N) is 3. The molecule has 168 valence electrons. The number of aromatic nitrogens is 3. The van der Waals surface area contributed by atoms with Gasteiger partial charge in [0.1, 0.15) is 5.75 Å². The van der Waals surface area contributed by atoms with Crippen molar-refractivity contribution < 1.29 is 23.8 Å². The Morgan fingerprint density at radius 3 is 2.50 bits per heavy atom. The van der Waals surface area contributed by atoms with Crippen LogP contribution in [-0.4, -0.2) is 53.9 Å². The molecule has 10 heteroatoms. The Morgan fingerprint density at radius 2 is 1.75 bits per heavy atom. The minimum Gasteiger partial charge on any atom is -0.496 e. The van der Waals surface area contributed by atoms with Crippen molar-refractivity contribution in [1.82, 2.24) is 20.5 Å². The third-order valence-electron chi connectivity index (χ3n) is 4.31. The van der Waals surface area contributed by atoms with Crippen molar-refractivity contribution in [3.05, 3.63) is 48.0 Å². The first-order valence-corrected chi connectivity index (χ1v) is 10.1. The predicted molar refractivity (Wildman–Crippen MR) is 118 cm³/mol. The van der Waals surface area contributed by atoms with Gasteiger partial charge >= 0.3 is 0 Å². The number of rotatable bonds is 10. The molecule has 0 fully saturated rings. The Morgan fingerprint density at radius 1 is 1.00 bits per heavy atom. The molecular formula is C22H25N5O5. The average Bonchev–Trinajstić information content (AvgIpc) is 3.27. The number of hydrogen-bond donors (Lipinski definition) is 3. The van der Waals surface area contributed by atoms with Crippen LogP contribution in [0.25, 0.3) is 11.4 Å². The number of benzene rings is 2. The van der Waals surface area contributed by atoms with Crippen LogP contribution in [0.15, 0.2) is 42.5 Å². The van der Waals surface area contributed by atoms with Crippen molar-refractivity contribution >= 4 is 17.8 Å². The van der Waals surface area contributed by atoms with Gasteiger partial charge in [-0.05, 0) is 44.2 Å². The minimum absolute atomic E-state index is 0.0878. The first-order chi connectivity index (χ1) is 15.5. The highest BCUT2D eigenvalue weighted by atomic mass is 16.5. The molecule has 0 spiro atoms. The number of anilines is 1. The van der Waals surface area contributed by atoms with Crippen molar-refractivity contribution in [2.75, 3.05) is 32.2 Å². The van der Waals surface area contributed by atoms with Crippen molar-refractivity contribution in [3.8, 4) is 28.6 Å². The maximum absolute atomic E-state index is 12.4. The van der Waals surface area contributed by atoms with Gasteiger partial charge in [0, 0.05) is 5.56 Å². The summed E-state index contributed by atoms with van der Waals surface area (Å²) in [5, 5.41) is 11.8. The number of ether oxygens (including phenoxy) is 3. The van der Waals surface area contributed by atoms with Gasteiger partial charge in [-0.15, -0.1) is 5.10 Å². The molecular weight excluding hydrogens is 414 g/mol. The molecule has 0 bridgehead atoms. The highest BCUT2D eigenvalue weighted by Gasteiger charge is 2.15. The van der Waals surface area contributed by atoms with Gasteiger partial charge in [0.2, 0.25) is 11.9 Å². The van der Waals surface area contributed by atoms with Gasteiger partial charge in [0.15, 0.2) is 17.3 Å². The summed E-state index contributed by atoms with van der Waals surface area (Å²) in [7, 11) is 1.56. The predicted octanol–water partition coefficient (Wildman–Crippen LogP) is 2.65. The van der Waals surface area contributed by atoms with Crippen molar-refractivity contribution in [2.45, 2.75) is 13.8 Å². The molecule has 3 N–H and O–H groups in total. The molecule has 0 saturated heterocycles. The van der Waals surface area contributed by atoms with E-state index in [9.17, 15) is 9.59 Å². The molecule has 0 aliphatic heterocycles. The second-order valence-corrected chi connectivity index (χ2v) is 6.47. The maximum atomic E-state index is 12.4. The van der Waals surface area contributed by atoms with E-state index in [4.69, 9.17) is 14.2 Å². The highest BCUT2D eigenvalue weighted by Crippen LogP contribution is 2.29. The second kappa shape index (κ2) is 10.8. The van der Waals surface area contributed by atoms with Gasteiger partial charge in [-0.3, -0.25) is 20.0 Å². The van der Waals surface area contributed by atoms with Gasteiger partial charge in [0.25, 0.3) is 5.91 Å². The second-order valence-electron chi connectivity index (χ2n) is 6.47. The number of aromatic amines is 1. The van der Waals surface area contributed by atoms with Crippen LogP contribution in [0.3, 0.4) is 0 Å². The van der Waals surface area contributed by atoms with Crippen molar-refractivity contribution in [1.29, 1.82) is 0 Å². The normalized spacial score (nSPS) is 10.3. The third-order valence-corrected chi connectivity index (χ3v) is 4.31. The largest absolute Gasteiger partial charge is 0.496 e. The molecule has 2 amide bonds. The number of carbonyl (C=O) groups is 2. The van der Waals surface area contributed by atoms with E-state index < -0.39 is 11.8 Å². The van der Waals surface area contributed by atoms with Crippen LogP contribution >= 0.6 is 0 Å². The Kier molecular flexibility index (Phi) is 7.63. The van der Waals surface area contributed by atoms with Crippen LogP contribution in [0.1, 0.15) is 24.2 Å². The molecule has 0 aliphatic carbocycles. The lowest BCUT2D eigenvalue weighted by atomic mass is 10.2. The van der Waals surface area contributed by atoms with E-state index in [0.717, 1.165) is 0 Å².